The van der Waals surface area contributed by atoms with Gasteiger partial charge in [0.05, 0.1) is 31.8 Å². The van der Waals surface area contributed by atoms with Gasteiger partial charge in [-0.2, -0.15) is 0 Å². The average molecular weight is 430 g/mol. The third-order valence-corrected chi connectivity index (χ3v) is 5.70. The summed E-state index contributed by atoms with van der Waals surface area (Å²) < 4.78 is 20.8. The van der Waals surface area contributed by atoms with E-state index in [0.29, 0.717) is 43.5 Å². The van der Waals surface area contributed by atoms with Crippen molar-refractivity contribution in [3.05, 3.63) is 112 Å². The van der Waals surface area contributed by atoms with Gasteiger partial charge in [-0.3, -0.25) is 19.2 Å². The van der Waals surface area contributed by atoms with E-state index in [1.807, 2.05) is 54.3 Å². The first-order valence-corrected chi connectivity index (χ1v) is 10.5. The highest BCUT2D eigenvalue weighted by atomic mass is 19.1. The minimum absolute atomic E-state index is 0.0624. The van der Waals surface area contributed by atoms with Crippen molar-refractivity contribution < 1.29 is 8.81 Å². The SMILES string of the molecule is Cc1nc2n(c(=O)c1Cc1ccccc1)CN(Cc1ccco1)CN2c1ccc(F)cc1. The standard InChI is InChI=1S/C25H23FN4O2/c1-18-23(14-19-6-3-2-4-7-19)24(31)30-17-28(15-22-8-5-13-32-22)16-29(25(30)27-18)21-11-9-20(26)10-12-21/h2-13H,14-17H2,1H3. The highest BCUT2D eigenvalue weighted by Crippen LogP contribution is 2.29. The van der Waals surface area contributed by atoms with Gasteiger partial charge in [0.15, 0.2) is 0 Å². The predicted molar refractivity (Wildman–Crippen MR) is 120 cm³/mol. The fourth-order valence-corrected chi connectivity index (χ4v) is 4.07. The number of nitrogens with zero attached hydrogens (tertiary/aromatic N) is 4. The maximum absolute atomic E-state index is 13.6. The molecule has 0 unspecified atom stereocenters. The van der Waals surface area contributed by atoms with E-state index in [-0.39, 0.29) is 11.4 Å². The van der Waals surface area contributed by atoms with Gasteiger partial charge in [-0.15, -0.1) is 0 Å². The normalized spacial score (nSPS) is 13.9. The second-order valence-corrected chi connectivity index (χ2v) is 7.97. The van der Waals surface area contributed by atoms with Crippen molar-refractivity contribution in [3.8, 4) is 0 Å². The van der Waals surface area contributed by atoms with Crippen LogP contribution in [0.15, 0.2) is 82.2 Å². The van der Waals surface area contributed by atoms with E-state index in [4.69, 9.17) is 9.40 Å². The molecule has 0 spiro atoms. The number of hydrogen-bond donors (Lipinski definition) is 0. The van der Waals surface area contributed by atoms with Crippen LogP contribution in [0.2, 0.25) is 0 Å². The third kappa shape index (κ3) is 3.94. The first kappa shape index (κ1) is 20.2. The second-order valence-electron chi connectivity index (χ2n) is 7.97. The molecular weight excluding hydrogens is 407 g/mol. The van der Waals surface area contributed by atoms with Crippen molar-refractivity contribution in [1.29, 1.82) is 0 Å². The molecule has 0 fully saturated rings. The Labute approximate surface area is 185 Å². The smallest absolute Gasteiger partial charge is 0.259 e. The van der Waals surface area contributed by atoms with E-state index >= 15 is 0 Å². The zero-order valence-corrected chi connectivity index (χ0v) is 17.7. The predicted octanol–water partition coefficient (Wildman–Crippen LogP) is 4.44. The van der Waals surface area contributed by atoms with Gasteiger partial charge in [-0.25, -0.2) is 9.37 Å². The van der Waals surface area contributed by atoms with Gasteiger partial charge in [-0.1, -0.05) is 30.3 Å². The van der Waals surface area contributed by atoms with Gasteiger partial charge < -0.3 is 4.42 Å². The Hall–Kier alpha value is -3.71. The highest BCUT2D eigenvalue weighted by molar-refractivity contribution is 5.58. The van der Waals surface area contributed by atoms with Crippen LogP contribution in [-0.4, -0.2) is 21.1 Å². The number of aryl methyl sites for hydroxylation is 1. The molecule has 0 atom stereocenters. The van der Waals surface area contributed by atoms with Crippen LogP contribution in [0.4, 0.5) is 16.0 Å². The van der Waals surface area contributed by atoms with Crippen LogP contribution < -0.4 is 10.5 Å². The molecule has 0 aliphatic carbocycles. The Morgan fingerprint density at radius 2 is 1.78 bits per heavy atom. The molecule has 32 heavy (non-hydrogen) atoms. The van der Waals surface area contributed by atoms with Crippen LogP contribution in [0.5, 0.6) is 0 Å². The number of fused-ring (bicyclic) bond motifs is 1. The zero-order chi connectivity index (χ0) is 22.1. The van der Waals surface area contributed by atoms with Gasteiger partial charge in [0.25, 0.3) is 5.56 Å². The molecule has 0 saturated heterocycles. The number of anilines is 2. The topological polar surface area (TPSA) is 54.5 Å². The van der Waals surface area contributed by atoms with Crippen molar-refractivity contribution in [2.24, 2.45) is 0 Å². The lowest BCUT2D eigenvalue weighted by Crippen LogP contribution is -2.47. The van der Waals surface area contributed by atoms with E-state index < -0.39 is 0 Å². The third-order valence-electron chi connectivity index (χ3n) is 5.70. The Balaban J connectivity index is 1.58. The summed E-state index contributed by atoms with van der Waals surface area (Å²) in [6, 6.07) is 19.9. The Kier molecular flexibility index (Phi) is 5.33. The molecule has 0 N–H and O–H groups in total. The summed E-state index contributed by atoms with van der Waals surface area (Å²) in [6.07, 6.45) is 2.16. The first-order valence-electron chi connectivity index (χ1n) is 10.5. The first-order chi connectivity index (χ1) is 15.6. The quantitative estimate of drug-likeness (QED) is 0.468. The summed E-state index contributed by atoms with van der Waals surface area (Å²) in [7, 11) is 0. The van der Waals surface area contributed by atoms with Gasteiger partial charge in [0.1, 0.15) is 11.6 Å². The van der Waals surface area contributed by atoms with Crippen molar-refractivity contribution in [2.75, 3.05) is 11.6 Å². The van der Waals surface area contributed by atoms with Crippen LogP contribution in [0.1, 0.15) is 22.6 Å². The lowest BCUT2D eigenvalue weighted by Gasteiger charge is -2.38. The molecule has 162 valence electrons. The summed E-state index contributed by atoms with van der Waals surface area (Å²) in [5, 5.41) is 0. The lowest BCUT2D eigenvalue weighted by molar-refractivity contribution is 0.176. The molecular formula is C25H23FN4O2. The second kappa shape index (κ2) is 8.43. The maximum Gasteiger partial charge on any atom is 0.259 e. The fraction of sp³-hybridized carbons (Fsp3) is 0.200. The summed E-state index contributed by atoms with van der Waals surface area (Å²) in [4.78, 5) is 22.5. The highest BCUT2D eigenvalue weighted by Gasteiger charge is 2.28. The molecule has 2 aromatic carbocycles. The molecule has 3 heterocycles. The molecule has 2 aromatic heterocycles. The number of furan rings is 1. The van der Waals surface area contributed by atoms with Crippen LogP contribution in [0, 0.1) is 12.7 Å². The Bertz CT molecular complexity index is 1270. The maximum atomic E-state index is 13.6. The molecule has 6 nitrogen and oxygen atoms in total. The van der Waals surface area contributed by atoms with Gasteiger partial charge >= 0.3 is 0 Å². The van der Waals surface area contributed by atoms with Crippen LogP contribution in [-0.2, 0) is 19.6 Å². The van der Waals surface area contributed by atoms with E-state index in [1.54, 1.807) is 23.0 Å². The zero-order valence-electron chi connectivity index (χ0n) is 17.7. The van der Waals surface area contributed by atoms with Crippen LogP contribution >= 0.6 is 0 Å². The van der Waals surface area contributed by atoms with Gasteiger partial charge in [-0.05, 0) is 48.9 Å². The Morgan fingerprint density at radius 1 is 1.00 bits per heavy atom. The minimum Gasteiger partial charge on any atom is -0.468 e. The minimum atomic E-state index is -0.307. The fourth-order valence-electron chi connectivity index (χ4n) is 4.07. The van der Waals surface area contributed by atoms with Crippen LogP contribution in [0.25, 0.3) is 0 Å². The molecule has 0 radical (unpaired) electrons. The van der Waals surface area contributed by atoms with Crippen molar-refractivity contribution >= 4 is 11.6 Å². The largest absolute Gasteiger partial charge is 0.468 e. The molecule has 0 bridgehead atoms. The number of rotatable bonds is 5. The number of hydrogen-bond acceptors (Lipinski definition) is 5. The molecule has 1 aliphatic rings. The summed E-state index contributed by atoms with van der Waals surface area (Å²) in [5.41, 5.74) is 3.16. The van der Waals surface area contributed by atoms with E-state index in [9.17, 15) is 9.18 Å². The monoisotopic (exact) mass is 430 g/mol. The van der Waals surface area contributed by atoms with E-state index in [2.05, 4.69) is 4.90 Å². The van der Waals surface area contributed by atoms with Gasteiger partial charge in [0.2, 0.25) is 5.95 Å². The number of halogens is 1. The molecule has 4 aromatic rings. The summed E-state index contributed by atoms with van der Waals surface area (Å²) in [6.45, 7) is 3.30. The van der Waals surface area contributed by atoms with Crippen LogP contribution in [0.3, 0.4) is 0 Å². The molecule has 5 rings (SSSR count). The van der Waals surface area contributed by atoms with Crippen molar-refractivity contribution in [2.45, 2.75) is 26.6 Å². The van der Waals surface area contributed by atoms with Gasteiger partial charge in [0, 0.05) is 17.7 Å². The molecule has 0 amide bonds. The van der Waals surface area contributed by atoms with E-state index in [1.165, 1.54) is 12.1 Å². The molecule has 0 saturated carbocycles. The van der Waals surface area contributed by atoms with Crippen molar-refractivity contribution in [3.63, 3.8) is 0 Å². The number of aromatic nitrogens is 2. The lowest BCUT2D eigenvalue weighted by atomic mass is 10.1. The molecule has 7 heteroatoms. The van der Waals surface area contributed by atoms with Crippen molar-refractivity contribution in [1.82, 2.24) is 14.5 Å². The number of benzene rings is 2. The summed E-state index contributed by atoms with van der Waals surface area (Å²) >= 11 is 0. The Morgan fingerprint density at radius 3 is 2.50 bits per heavy atom. The molecule has 1 aliphatic heterocycles. The van der Waals surface area contributed by atoms with E-state index in [0.717, 1.165) is 17.0 Å². The summed E-state index contributed by atoms with van der Waals surface area (Å²) in [5.74, 6) is 1.06. The average Bonchev–Trinajstić information content (AvgIpc) is 3.31.